The summed E-state index contributed by atoms with van der Waals surface area (Å²) in [4.78, 5) is 15.9. The summed E-state index contributed by atoms with van der Waals surface area (Å²) in [5.41, 5.74) is 6.92. The highest BCUT2D eigenvalue weighted by Crippen LogP contribution is 2.41. The van der Waals surface area contributed by atoms with Gasteiger partial charge in [0.1, 0.15) is 0 Å². The van der Waals surface area contributed by atoms with Gasteiger partial charge in [-0.05, 0) is 88.4 Å². The molecule has 0 atom stereocenters. The number of carbonyl (C=O) groups is 1. The van der Waals surface area contributed by atoms with Crippen molar-refractivity contribution in [1.29, 1.82) is 0 Å². The minimum Gasteiger partial charge on any atom is -0.493 e. The van der Waals surface area contributed by atoms with Gasteiger partial charge in [-0.25, -0.2) is 0 Å². The highest BCUT2D eigenvalue weighted by atomic mass is 16.5. The van der Waals surface area contributed by atoms with Gasteiger partial charge in [-0.3, -0.25) is 9.69 Å². The molecule has 2 saturated heterocycles. The fraction of sp³-hybridized carbons (Fsp3) is 0.667. The van der Waals surface area contributed by atoms with E-state index in [0.29, 0.717) is 16.9 Å². The highest BCUT2D eigenvalue weighted by molar-refractivity contribution is 5.75. The molecule has 2 fully saturated rings. The van der Waals surface area contributed by atoms with Crippen LogP contribution in [0.2, 0.25) is 0 Å². The Labute approximate surface area is 162 Å². The largest absolute Gasteiger partial charge is 0.493 e. The molecule has 1 spiro atoms. The smallest absolute Gasteiger partial charge is 0.255 e. The van der Waals surface area contributed by atoms with Gasteiger partial charge in [0, 0.05) is 6.54 Å². The molecule has 150 valence electrons. The lowest BCUT2D eigenvalue weighted by molar-refractivity contribution is -0.119. The normalized spacial score (nSPS) is 21.0. The third kappa shape index (κ3) is 5.36. The number of ether oxygens (including phenoxy) is 2. The first-order valence-electron chi connectivity index (χ1n) is 9.99. The third-order valence-corrected chi connectivity index (χ3v) is 6.19. The van der Waals surface area contributed by atoms with Crippen LogP contribution in [0.25, 0.3) is 0 Å². The Kier molecular flexibility index (Phi) is 6.60. The third-order valence-electron chi connectivity index (χ3n) is 6.19. The van der Waals surface area contributed by atoms with Crippen molar-refractivity contribution in [2.75, 3.05) is 46.9 Å². The maximum Gasteiger partial charge on any atom is 0.255 e. The first kappa shape index (κ1) is 20.0. The van der Waals surface area contributed by atoms with Crippen molar-refractivity contribution >= 4 is 5.91 Å². The fourth-order valence-corrected chi connectivity index (χ4v) is 4.40. The molecule has 3 rings (SSSR count). The molecule has 2 aliphatic rings. The number of carbonyl (C=O) groups excluding carboxylic acids is 1. The lowest BCUT2D eigenvalue weighted by Gasteiger charge is -2.40. The lowest BCUT2D eigenvalue weighted by Crippen LogP contribution is -2.38. The van der Waals surface area contributed by atoms with E-state index in [1.54, 1.807) is 7.11 Å². The number of amides is 1. The molecule has 0 saturated carbocycles. The lowest BCUT2D eigenvalue weighted by atomic mass is 9.73. The van der Waals surface area contributed by atoms with E-state index >= 15 is 0 Å². The molecule has 6 nitrogen and oxygen atoms in total. The Morgan fingerprint density at radius 2 is 1.85 bits per heavy atom. The maximum atomic E-state index is 10.9. The first-order valence-corrected chi connectivity index (χ1v) is 9.99. The second-order valence-electron chi connectivity index (χ2n) is 8.17. The molecule has 27 heavy (non-hydrogen) atoms. The van der Waals surface area contributed by atoms with Gasteiger partial charge in [-0.2, -0.15) is 0 Å². The standard InChI is InChI=1S/C21H33N3O3/c1-23-11-7-21(8-12-23)6-3-10-24(13-9-21)15-17-4-5-18(19(14-17)26-2)27-16-20(22)25/h4-5,14H,3,6-13,15-16H2,1-2H3,(H2,22,25). The van der Waals surface area contributed by atoms with Crippen LogP contribution in [-0.2, 0) is 11.3 Å². The molecule has 0 aromatic heterocycles. The predicted molar refractivity (Wildman–Crippen MR) is 106 cm³/mol. The second kappa shape index (κ2) is 8.93. The zero-order valence-corrected chi connectivity index (χ0v) is 16.7. The monoisotopic (exact) mass is 375 g/mol. The van der Waals surface area contributed by atoms with Crippen molar-refractivity contribution < 1.29 is 14.3 Å². The number of rotatable bonds is 6. The molecule has 2 N–H and O–H groups in total. The zero-order chi connectivity index (χ0) is 19.3. The van der Waals surface area contributed by atoms with Crippen LogP contribution in [-0.4, -0.2) is 62.7 Å². The van der Waals surface area contributed by atoms with Crippen LogP contribution >= 0.6 is 0 Å². The Hall–Kier alpha value is -1.79. The SMILES string of the molecule is COc1cc(CN2CCCC3(CCN(C)CC3)CC2)ccc1OCC(N)=O. The molecular formula is C21H33N3O3. The Balaban J connectivity index is 1.59. The van der Waals surface area contributed by atoms with Gasteiger partial charge in [0.25, 0.3) is 5.91 Å². The highest BCUT2D eigenvalue weighted by Gasteiger charge is 2.35. The van der Waals surface area contributed by atoms with Crippen molar-refractivity contribution in [3.63, 3.8) is 0 Å². The summed E-state index contributed by atoms with van der Waals surface area (Å²) in [5.74, 6) is 0.713. The van der Waals surface area contributed by atoms with E-state index < -0.39 is 5.91 Å². The molecule has 2 aliphatic heterocycles. The Bertz CT molecular complexity index is 642. The number of methoxy groups -OCH3 is 1. The van der Waals surface area contributed by atoms with E-state index in [-0.39, 0.29) is 6.61 Å². The number of piperidine rings is 1. The summed E-state index contributed by atoms with van der Waals surface area (Å²) in [7, 11) is 3.85. The summed E-state index contributed by atoms with van der Waals surface area (Å²) >= 11 is 0. The summed E-state index contributed by atoms with van der Waals surface area (Å²) in [6, 6.07) is 5.93. The van der Waals surface area contributed by atoms with Crippen LogP contribution in [0.3, 0.4) is 0 Å². The van der Waals surface area contributed by atoms with E-state index in [9.17, 15) is 4.79 Å². The quantitative estimate of drug-likeness (QED) is 0.826. The van der Waals surface area contributed by atoms with E-state index in [2.05, 4.69) is 22.9 Å². The van der Waals surface area contributed by atoms with Gasteiger partial charge < -0.3 is 20.1 Å². The molecule has 6 heteroatoms. The number of hydrogen-bond acceptors (Lipinski definition) is 5. The summed E-state index contributed by atoms with van der Waals surface area (Å²) < 4.78 is 10.9. The van der Waals surface area contributed by atoms with Crippen molar-refractivity contribution in [2.24, 2.45) is 11.1 Å². The summed E-state index contributed by atoms with van der Waals surface area (Å²) in [6.45, 7) is 5.57. The van der Waals surface area contributed by atoms with Crippen LogP contribution in [0.1, 0.15) is 37.7 Å². The van der Waals surface area contributed by atoms with E-state index in [0.717, 1.165) is 19.6 Å². The number of likely N-dealkylation sites (tertiary alicyclic amines) is 2. The van der Waals surface area contributed by atoms with Crippen LogP contribution in [0.15, 0.2) is 18.2 Å². The number of nitrogens with zero attached hydrogens (tertiary/aromatic N) is 2. The average molecular weight is 376 g/mol. The van der Waals surface area contributed by atoms with E-state index in [1.165, 1.54) is 50.8 Å². The number of benzene rings is 1. The molecule has 1 aromatic carbocycles. The van der Waals surface area contributed by atoms with Crippen molar-refractivity contribution in [2.45, 2.75) is 38.6 Å². The van der Waals surface area contributed by atoms with Crippen molar-refractivity contribution in [3.8, 4) is 11.5 Å². The van der Waals surface area contributed by atoms with Crippen LogP contribution in [0.5, 0.6) is 11.5 Å². The van der Waals surface area contributed by atoms with Gasteiger partial charge in [0.05, 0.1) is 7.11 Å². The Morgan fingerprint density at radius 3 is 2.56 bits per heavy atom. The summed E-state index contributed by atoms with van der Waals surface area (Å²) in [5, 5.41) is 0. The number of hydrogen-bond donors (Lipinski definition) is 1. The molecule has 1 amide bonds. The average Bonchev–Trinajstić information content (AvgIpc) is 2.85. The van der Waals surface area contributed by atoms with Gasteiger partial charge in [0.2, 0.25) is 0 Å². The van der Waals surface area contributed by atoms with Gasteiger partial charge >= 0.3 is 0 Å². The maximum absolute atomic E-state index is 10.9. The van der Waals surface area contributed by atoms with E-state index in [4.69, 9.17) is 15.2 Å². The zero-order valence-electron chi connectivity index (χ0n) is 16.7. The van der Waals surface area contributed by atoms with E-state index in [1.807, 2.05) is 12.1 Å². The molecule has 0 unspecified atom stereocenters. The minimum absolute atomic E-state index is 0.140. The number of primary amides is 1. The summed E-state index contributed by atoms with van der Waals surface area (Å²) in [6.07, 6.45) is 6.63. The van der Waals surface area contributed by atoms with Crippen LogP contribution in [0, 0.1) is 5.41 Å². The number of nitrogens with two attached hydrogens (primary N) is 1. The van der Waals surface area contributed by atoms with Gasteiger partial charge in [-0.15, -0.1) is 0 Å². The van der Waals surface area contributed by atoms with Crippen LogP contribution in [0.4, 0.5) is 0 Å². The first-order chi connectivity index (χ1) is 13.0. The predicted octanol–water partition coefficient (Wildman–Crippen LogP) is 2.26. The molecule has 0 bridgehead atoms. The van der Waals surface area contributed by atoms with Crippen molar-refractivity contribution in [3.05, 3.63) is 23.8 Å². The molecule has 2 heterocycles. The molecular weight excluding hydrogens is 342 g/mol. The molecule has 0 radical (unpaired) electrons. The molecule has 1 aromatic rings. The van der Waals surface area contributed by atoms with Gasteiger partial charge in [-0.1, -0.05) is 6.07 Å². The second-order valence-corrected chi connectivity index (χ2v) is 8.17. The van der Waals surface area contributed by atoms with Gasteiger partial charge in [0.15, 0.2) is 18.1 Å². The Morgan fingerprint density at radius 1 is 1.11 bits per heavy atom. The molecule has 0 aliphatic carbocycles. The fourth-order valence-electron chi connectivity index (χ4n) is 4.40. The topological polar surface area (TPSA) is 68.0 Å². The minimum atomic E-state index is -0.492. The van der Waals surface area contributed by atoms with Crippen LogP contribution < -0.4 is 15.2 Å². The van der Waals surface area contributed by atoms with Crippen molar-refractivity contribution in [1.82, 2.24) is 9.80 Å².